The van der Waals surface area contributed by atoms with Gasteiger partial charge in [-0.2, -0.15) is 0 Å². The summed E-state index contributed by atoms with van der Waals surface area (Å²) in [4.78, 5) is 23.2. The van der Waals surface area contributed by atoms with Crippen LogP contribution in [-0.2, 0) is 6.54 Å². The van der Waals surface area contributed by atoms with Crippen molar-refractivity contribution in [1.82, 2.24) is 9.88 Å². The van der Waals surface area contributed by atoms with E-state index in [1.54, 1.807) is 12.3 Å². The van der Waals surface area contributed by atoms with E-state index in [0.717, 1.165) is 5.69 Å². The minimum atomic E-state index is -0.264. The minimum Gasteiger partial charge on any atom is -0.338 e. The second kappa shape index (κ2) is 7.50. The van der Waals surface area contributed by atoms with Gasteiger partial charge in [0.2, 0.25) is 0 Å². The number of amides is 2. The van der Waals surface area contributed by atoms with Gasteiger partial charge in [0.25, 0.3) is 5.56 Å². The fourth-order valence-corrected chi connectivity index (χ4v) is 2.01. The molecule has 0 aliphatic heterocycles. The van der Waals surface area contributed by atoms with Crippen molar-refractivity contribution in [1.29, 1.82) is 0 Å². The zero-order valence-electron chi connectivity index (χ0n) is 11.4. The summed E-state index contributed by atoms with van der Waals surface area (Å²) in [6.07, 6.45) is 2.23. The second-order valence-electron chi connectivity index (χ2n) is 4.48. The van der Waals surface area contributed by atoms with Crippen LogP contribution in [0, 0.1) is 0 Å². The maximum absolute atomic E-state index is 11.6. The van der Waals surface area contributed by atoms with E-state index in [-0.39, 0.29) is 11.6 Å². The quantitative estimate of drug-likeness (QED) is 0.834. The fourth-order valence-electron chi connectivity index (χ4n) is 1.83. The largest absolute Gasteiger partial charge is 0.338 e. The highest BCUT2D eigenvalue weighted by Crippen LogP contribution is 2.04. The average Bonchev–Trinajstić information content (AvgIpc) is 2.48. The number of benzene rings is 1. The Morgan fingerprint density at radius 2 is 1.90 bits per heavy atom. The van der Waals surface area contributed by atoms with E-state index >= 15 is 0 Å². The van der Waals surface area contributed by atoms with Crippen LogP contribution in [0.3, 0.4) is 0 Å². The number of aromatic nitrogens is 1. The lowest BCUT2D eigenvalue weighted by Crippen LogP contribution is -2.30. The lowest BCUT2D eigenvalue weighted by Gasteiger charge is -2.08. The van der Waals surface area contributed by atoms with Crippen molar-refractivity contribution in [2.24, 2.45) is 0 Å². The summed E-state index contributed by atoms with van der Waals surface area (Å²) in [5, 5.41) is 5.98. The van der Waals surface area contributed by atoms with Crippen LogP contribution in [0.15, 0.2) is 53.5 Å². The molecule has 0 bridgehead atoms. The predicted molar refractivity (Wildman–Crippen MR) is 83.8 cm³/mol. The molecule has 2 amide bonds. The Bertz CT molecular complexity index is 655. The first-order chi connectivity index (χ1) is 10.1. The molecule has 1 aromatic carbocycles. The Morgan fingerprint density at radius 1 is 1.14 bits per heavy atom. The molecular formula is C15H16ClN3O2. The van der Waals surface area contributed by atoms with Crippen LogP contribution >= 0.6 is 11.6 Å². The highest BCUT2D eigenvalue weighted by atomic mass is 35.5. The molecule has 2 aromatic rings. The molecule has 0 saturated heterocycles. The normalized spacial score (nSPS) is 10.1. The highest BCUT2D eigenvalue weighted by molar-refractivity contribution is 6.30. The topological polar surface area (TPSA) is 63.1 Å². The van der Waals surface area contributed by atoms with Crippen LogP contribution in [0.5, 0.6) is 0 Å². The highest BCUT2D eigenvalue weighted by Gasteiger charge is 2.01. The zero-order chi connectivity index (χ0) is 15.1. The smallest absolute Gasteiger partial charge is 0.319 e. The average molecular weight is 306 g/mol. The van der Waals surface area contributed by atoms with E-state index in [4.69, 9.17) is 11.6 Å². The molecule has 110 valence electrons. The number of hydrogen-bond donors (Lipinski definition) is 2. The Balaban J connectivity index is 1.73. The van der Waals surface area contributed by atoms with E-state index in [2.05, 4.69) is 10.6 Å². The number of halogens is 1. The number of nitrogens with one attached hydrogen (secondary N) is 2. The van der Waals surface area contributed by atoms with Crippen LogP contribution in [0.1, 0.15) is 6.42 Å². The first kappa shape index (κ1) is 15.1. The predicted octanol–water partition coefficient (Wildman–Crippen LogP) is 2.71. The van der Waals surface area contributed by atoms with Crippen molar-refractivity contribution in [2.45, 2.75) is 13.0 Å². The van der Waals surface area contributed by atoms with Gasteiger partial charge in [-0.1, -0.05) is 29.8 Å². The molecule has 2 N–H and O–H groups in total. The van der Waals surface area contributed by atoms with Crippen LogP contribution in [0.2, 0.25) is 5.02 Å². The summed E-state index contributed by atoms with van der Waals surface area (Å²) in [6, 6.07) is 11.9. The summed E-state index contributed by atoms with van der Waals surface area (Å²) in [5.74, 6) is 0. The summed E-state index contributed by atoms with van der Waals surface area (Å²) >= 11 is 5.83. The molecular weight excluding hydrogens is 290 g/mol. The van der Waals surface area contributed by atoms with Crippen molar-refractivity contribution >= 4 is 23.3 Å². The van der Waals surface area contributed by atoms with Gasteiger partial charge in [0.05, 0.1) is 5.02 Å². The standard InChI is InChI=1S/C15H16ClN3O2/c16-12-7-8-14(20)19(11-12)10-4-9-17-15(21)18-13-5-2-1-3-6-13/h1-3,5-8,11H,4,9-10H2,(H2,17,18,21). The van der Waals surface area contributed by atoms with Gasteiger partial charge < -0.3 is 15.2 Å². The monoisotopic (exact) mass is 305 g/mol. The molecule has 21 heavy (non-hydrogen) atoms. The Morgan fingerprint density at radius 3 is 2.67 bits per heavy atom. The van der Waals surface area contributed by atoms with Gasteiger partial charge >= 0.3 is 6.03 Å². The number of para-hydroxylation sites is 1. The number of carbonyl (C=O) groups excluding carboxylic acids is 1. The Labute approximate surface area is 127 Å². The van der Waals surface area contributed by atoms with Crippen LogP contribution in [0.25, 0.3) is 0 Å². The first-order valence-electron chi connectivity index (χ1n) is 6.61. The summed E-state index contributed by atoms with van der Waals surface area (Å²) < 4.78 is 1.53. The summed E-state index contributed by atoms with van der Waals surface area (Å²) in [7, 11) is 0. The third-order valence-electron chi connectivity index (χ3n) is 2.84. The molecule has 0 fully saturated rings. The van der Waals surface area contributed by atoms with Crippen LogP contribution < -0.4 is 16.2 Å². The number of rotatable bonds is 5. The molecule has 1 heterocycles. The van der Waals surface area contributed by atoms with Gasteiger partial charge in [0.1, 0.15) is 0 Å². The van der Waals surface area contributed by atoms with Crippen LogP contribution in [-0.4, -0.2) is 17.1 Å². The summed E-state index contributed by atoms with van der Waals surface area (Å²) in [5.41, 5.74) is 0.634. The Kier molecular flexibility index (Phi) is 5.40. The maximum Gasteiger partial charge on any atom is 0.319 e. The van der Waals surface area contributed by atoms with E-state index in [9.17, 15) is 9.59 Å². The number of hydrogen-bond acceptors (Lipinski definition) is 2. The molecule has 0 radical (unpaired) electrons. The molecule has 0 spiro atoms. The van der Waals surface area contributed by atoms with Crippen LogP contribution in [0.4, 0.5) is 10.5 Å². The third-order valence-corrected chi connectivity index (χ3v) is 3.06. The van der Waals surface area contributed by atoms with Gasteiger partial charge in [-0.25, -0.2) is 4.79 Å². The molecule has 2 rings (SSSR count). The van der Waals surface area contributed by atoms with E-state index in [0.29, 0.717) is 24.5 Å². The van der Waals surface area contributed by atoms with E-state index in [1.165, 1.54) is 10.6 Å². The number of nitrogens with zero attached hydrogens (tertiary/aromatic N) is 1. The van der Waals surface area contributed by atoms with Crippen molar-refractivity contribution in [3.8, 4) is 0 Å². The van der Waals surface area contributed by atoms with E-state index in [1.807, 2.05) is 30.3 Å². The molecule has 1 aromatic heterocycles. The molecule has 0 aliphatic carbocycles. The number of urea groups is 1. The maximum atomic E-state index is 11.6. The molecule has 0 atom stereocenters. The van der Waals surface area contributed by atoms with Crippen molar-refractivity contribution < 1.29 is 4.79 Å². The number of carbonyl (C=O) groups is 1. The lowest BCUT2D eigenvalue weighted by molar-refractivity contribution is 0.252. The van der Waals surface area contributed by atoms with E-state index < -0.39 is 0 Å². The molecule has 0 saturated carbocycles. The van der Waals surface area contributed by atoms with Gasteiger partial charge in [0.15, 0.2) is 0 Å². The molecule has 0 unspecified atom stereocenters. The fraction of sp³-hybridized carbons (Fsp3) is 0.200. The summed E-state index contributed by atoms with van der Waals surface area (Å²) in [6.45, 7) is 0.975. The Hall–Kier alpha value is -2.27. The number of aryl methyl sites for hydroxylation is 1. The van der Waals surface area contributed by atoms with Crippen molar-refractivity contribution in [3.63, 3.8) is 0 Å². The first-order valence-corrected chi connectivity index (χ1v) is 6.99. The second-order valence-corrected chi connectivity index (χ2v) is 4.92. The van der Waals surface area contributed by atoms with Gasteiger partial charge in [-0.15, -0.1) is 0 Å². The molecule has 5 nitrogen and oxygen atoms in total. The molecule has 6 heteroatoms. The lowest BCUT2D eigenvalue weighted by atomic mass is 10.3. The number of pyridine rings is 1. The molecule has 0 aliphatic rings. The SMILES string of the molecule is O=C(NCCCn1cc(Cl)ccc1=O)Nc1ccccc1. The van der Waals surface area contributed by atoms with Crippen molar-refractivity contribution in [3.05, 3.63) is 64.0 Å². The van der Waals surface area contributed by atoms with Gasteiger partial charge in [-0.05, 0) is 24.6 Å². The zero-order valence-corrected chi connectivity index (χ0v) is 12.1. The minimum absolute atomic E-state index is 0.104. The van der Waals surface area contributed by atoms with Gasteiger partial charge in [-0.3, -0.25) is 4.79 Å². The number of anilines is 1. The van der Waals surface area contributed by atoms with Gasteiger partial charge in [0, 0.05) is 31.0 Å². The third kappa shape index (κ3) is 4.96. The van der Waals surface area contributed by atoms with Crippen molar-refractivity contribution in [2.75, 3.05) is 11.9 Å².